The lowest BCUT2D eigenvalue weighted by Crippen LogP contribution is -2.15. The average molecular weight is 348 g/mol. The summed E-state index contributed by atoms with van der Waals surface area (Å²) in [5.74, 6) is -1.22. The monoisotopic (exact) mass is 347 g/mol. The summed E-state index contributed by atoms with van der Waals surface area (Å²) >= 11 is 3.30. The zero-order chi connectivity index (χ0) is 15.4. The lowest BCUT2D eigenvalue weighted by molar-refractivity contribution is -0.115. The van der Waals surface area contributed by atoms with Gasteiger partial charge in [0, 0.05) is 4.47 Å². The number of benzene rings is 2. The van der Waals surface area contributed by atoms with Gasteiger partial charge in [-0.05, 0) is 52.2 Å². The Morgan fingerprint density at radius 2 is 1.90 bits per heavy atom. The highest BCUT2D eigenvalue weighted by atomic mass is 79.9. The highest BCUT2D eigenvalue weighted by Crippen LogP contribution is 2.24. The molecule has 0 spiro atoms. The fourth-order valence-corrected chi connectivity index (χ4v) is 2.28. The van der Waals surface area contributed by atoms with Crippen LogP contribution in [0.4, 0.5) is 5.69 Å². The quantitative estimate of drug-likeness (QED) is 0.887. The molecule has 1 amide bonds. The molecule has 108 valence electrons. The van der Waals surface area contributed by atoms with E-state index in [0.29, 0.717) is 10.2 Å². The molecule has 0 aliphatic carbocycles. The molecule has 0 unspecified atom stereocenters. The van der Waals surface area contributed by atoms with E-state index in [9.17, 15) is 9.59 Å². The Balaban J connectivity index is 2.15. The number of anilines is 1. The average Bonchev–Trinajstić information content (AvgIpc) is 2.43. The molecule has 0 aromatic heterocycles. The highest BCUT2D eigenvalue weighted by Gasteiger charge is 2.11. The topological polar surface area (TPSA) is 66.4 Å². The zero-order valence-corrected chi connectivity index (χ0v) is 13.0. The molecule has 0 fully saturated rings. The lowest BCUT2D eigenvalue weighted by Gasteiger charge is -2.09. The maximum atomic E-state index is 12.1. The van der Waals surface area contributed by atoms with E-state index in [1.54, 1.807) is 6.07 Å². The van der Waals surface area contributed by atoms with E-state index in [1.165, 1.54) is 12.1 Å². The van der Waals surface area contributed by atoms with Gasteiger partial charge in [0.1, 0.15) is 0 Å². The third kappa shape index (κ3) is 3.92. The molecule has 0 bridgehead atoms. The molecule has 0 heterocycles. The second-order valence-corrected chi connectivity index (χ2v) is 5.51. The predicted molar refractivity (Wildman–Crippen MR) is 84.6 cm³/mol. The third-order valence-corrected chi connectivity index (χ3v) is 3.79. The number of halogens is 1. The molecule has 2 rings (SSSR count). The van der Waals surface area contributed by atoms with Crippen molar-refractivity contribution in [1.29, 1.82) is 0 Å². The number of hydrogen-bond donors (Lipinski definition) is 2. The van der Waals surface area contributed by atoms with E-state index in [2.05, 4.69) is 21.2 Å². The van der Waals surface area contributed by atoms with E-state index < -0.39 is 5.97 Å². The second kappa shape index (κ2) is 6.54. The van der Waals surface area contributed by atoms with Gasteiger partial charge in [-0.2, -0.15) is 0 Å². The van der Waals surface area contributed by atoms with Gasteiger partial charge in [0.05, 0.1) is 17.7 Å². The molecule has 0 saturated heterocycles. The van der Waals surface area contributed by atoms with E-state index in [1.807, 2.05) is 31.2 Å². The van der Waals surface area contributed by atoms with Gasteiger partial charge in [-0.15, -0.1) is 0 Å². The molecule has 21 heavy (non-hydrogen) atoms. The molecule has 4 nitrogen and oxygen atoms in total. The minimum atomic E-state index is -1.03. The number of rotatable bonds is 4. The fourth-order valence-electron chi connectivity index (χ4n) is 1.93. The second-order valence-electron chi connectivity index (χ2n) is 4.65. The first-order valence-corrected chi connectivity index (χ1v) is 7.14. The van der Waals surface area contributed by atoms with Crippen LogP contribution in [0.15, 0.2) is 46.9 Å². The van der Waals surface area contributed by atoms with Crippen LogP contribution >= 0.6 is 15.9 Å². The van der Waals surface area contributed by atoms with Gasteiger partial charge in [-0.25, -0.2) is 4.79 Å². The molecule has 0 aliphatic heterocycles. The van der Waals surface area contributed by atoms with Crippen molar-refractivity contribution in [3.63, 3.8) is 0 Å². The molecule has 2 aromatic rings. The van der Waals surface area contributed by atoms with Gasteiger partial charge >= 0.3 is 5.97 Å². The Morgan fingerprint density at radius 1 is 1.19 bits per heavy atom. The van der Waals surface area contributed by atoms with Crippen LogP contribution in [0.3, 0.4) is 0 Å². The summed E-state index contributed by atoms with van der Waals surface area (Å²) in [4.78, 5) is 23.0. The first kappa shape index (κ1) is 15.3. The Bertz CT molecular complexity index is 698. The number of carboxylic acids is 1. The first-order chi connectivity index (χ1) is 9.97. The number of carbonyl (C=O) groups is 2. The Hall–Kier alpha value is -2.14. The molecular weight excluding hydrogens is 334 g/mol. The number of aryl methyl sites for hydroxylation is 1. The third-order valence-electron chi connectivity index (χ3n) is 3.10. The van der Waals surface area contributed by atoms with E-state index in [4.69, 9.17) is 5.11 Å². The van der Waals surface area contributed by atoms with Crippen molar-refractivity contribution < 1.29 is 14.7 Å². The number of aromatic carboxylic acids is 1. The van der Waals surface area contributed by atoms with Gasteiger partial charge in [-0.1, -0.05) is 24.3 Å². The Labute approximate surface area is 130 Å². The minimum absolute atomic E-state index is 0.129. The molecule has 0 aliphatic rings. The Morgan fingerprint density at radius 3 is 2.57 bits per heavy atom. The van der Waals surface area contributed by atoms with E-state index in [0.717, 1.165) is 11.1 Å². The predicted octanol–water partition coefficient (Wildman–Crippen LogP) is 3.64. The molecule has 0 radical (unpaired) electrons. The number of amides is 1. The van der Waals surface area contributed by atoms with Crippen molar-refractivity contribution in [3.8, 4) is 0 Å². The largest absolute Gasteiger partial charge is 0.478 e. The summed E-state index contributed by atoms with van der Waals surface area (Å²) in [6.07, 6.45) is 0.246. The van der Waals surface area contributed by atoms with Crippen LogP contribution in [0.1, 0.15) is 21.5 Å². The van der Waals surface area contributed by atoms with Crippen LogP contribution in [0.5, 0.6) is 0 Å². The summed E-state index contributed by atoms with van der Waals surface area (Å²) in [5, 5.41) is 11.7. The van der Waals surface area contributed by atoms with Crippen molar-refractivity contribution in [3.05, 3.63) is 63.6 Å². The van der Waals surface area contributed by atoms with Crippen LogP contribution < -0.4 is 5.32 Å². The molecule has 2 aromatic carbocycles. The standard InChI is InChI=1S/C16H14BrNO3/c1-10-4-2-3-5-11(10)9-15(19)18-14-8-12(16(20)21)6-7-13(14)17/h2-8H,9H2,1H3,(H,18,19)(H,20,21). The molecule has 0 saturated carbocycles. The van der Waals surface area contributed by atoms with Crippen molar-refractivity contribution in [1.82, 2.24) is 0 Å². The molecule has 0 atom stereocenters. The SMILES string of the molecule is Cc1ccccc1CC(=O)Nc1cc(C(=O)O)ccc1Br. The highest BCUT2D eigenvalue weighted by molar-refractivity contribution is 9.10. The fraction of sp³-hybridized carbons (Fsp3) is 0.125. The lowest BCUT2D eigenvalue weighted by atomic mass is 10.1. The first-order valence-electron chi connectivity index (χ1n) is 6.34. The Kier molecular flexibility index (Phi) is 4.75. The number of carbonyl (C=O) groups excluding carboxylic acids is 1. The number of carboxylic acid groups (broad SMARTS) is 1. The zero-order valence-electron chi connectivity index (χ0n) is 11.4. The van der Waals surface area contributed by atoms with Gasteiger partial charge in [-0.3, -0.25) is 4.79 Å². The number of nitrogens with one attached hydrogen (secondary N) is 1. The van der Waals surface area contributed by atoms with Gasteiger partial charge in [0.15, 0.2) is 0 Å². The summed E-state index contributed by atoms with van der Waals surface area (Å²) < 4.78 is 0.644. The minimum Gasteiger partial charge on any atom is -0.478 e. The van der Waals surface area contributed by atoms with Crippen molar-refractivity contribution >= 4 is 33.5 Å². The summed E-state index contributed by atoms with van der Waals surface area (Å²) in [5.41, 5.74) is 2.57. The van der Waals surface area contributed by atoms with Crippen molar-refractivity contribution in [2.45, 2.75) is 13.3 Å². The molecule has 5 heteroatoms. The van der Waals surface area contributed by atoms with Crippen LogP contribution in [0, 0.1) is 6.92 Å². The van der Waals surface area contributed by atoms with Crippen LogP contribution in [-0.2, 0) is 11.2 Å². The van der Waals surface area contributed by atoms with Crippen LogP contribution in [0.25, 0.3) is 0 Å². The van der Waals surface area contributed by atoms with Crippen LogP contribution in [-0.4, -0.2) is 17.0 Å². The van der Waals surface area contributed by atoms with Gasteiger partial charge < -0.3 is 10.4 Å². The van der Waals surface area contributed by atoms with Crippen LogP contribution in [0.2, 0.25) is 0 Å². The normalized spacial score (nSPS) is 10.2. The van der Waals surface area contributed by atoms with Gasteiger partial charge in [0.25, 0.3) is 0 Å². The maximum Gasteiger partial charge on any atom is 0.335 e. The summed E-state index contributed by atoms with van der Waals surface area (Å²) in [7, 11) is 0. The van der Waals surface area contributed by atoms with E-state index >= 15 is 0 Å². The molecule has 2 N–H and O–H groups in total. The summed E-state index contributed by atoms with van der Waals surface area (Å²) in [6, 6.07) is 12.2. The molecular formula is C16H14BrNO3. The van der Waals surface area contributed by atoms with E-state index in [-0.39, 0.29) is 17.9 Å². The number of hydrogen-bond acceptors (Lipinski definition) is 2. The van der Waals surface area contributed by atoms with Crippen molar-refractivity contribution in [2.75, 3.05) is 5.32 Å². The smallest absolute Gasteiger partial charge is 0.335 e. The van der Waals surface area contributed by atoms with Crippen molar-refractivity contribution in [2.24, 2.45) is 0 Å². The van der Waals surface area contributed by atoms with Gasteiger partial charge in [0.2, 0.25) is 5.91 Å². The maximum absolute atomic E-state index is 12.1. The summed E-state index contributed by atoms with van der Waals surface area (Å²) in [6.45, 7) is 1.95.